The molecule has 1 aromatic carbocycles. The highest BCUT2D eigenvalue weighted by molar-refractivity contribution is 9.10. The van der Waals surface area contributed by atoms with Crippen LogP contribution in [0.4, 0.5) is 0 Å². The number of halogens is 1. The van der Waals surface area contributed by atoms with Crippen LogP contribution in [0.1, 0.15) is 5.56 Å². The van der Waals surface area contributed by atoms with E-state index in [4.69, 9.17) is 4.74 Å². The van der Waals surface area contributed by atoms with E-state index in [1.807, 2.05) is 48.8 Å². The fraction of sp³-hybridized carbons (Fsp3) is 0.133. The van der Waals surface area contributed by atoms with Crippen molar-refractivity contribution in [1.29, 1.82) is 0 Å². The number of hydrazone groups is 1. The normalized spacial score (nSPS) is 10.6. The van der Waals surface area contributed by atoms with Crippen molar-refractivity contribution in [3.05, 3.63) is 58.8 Å². The maximum absolute atomic E-state index is 11.7. The van der Waals surface area contributed by atoms with E-state index in [-0.39, 0.29) is 12.5 Å². The topological polar surface area (TPSA) is 54.6 Å². The minimum atomic E-state index is -0.185. The van der Waals surface area contributed by atoms with Crippen LogP contribution in [0.3, 0.4) is 0 Å². The summed E-state index contributed by atoms with van der Waals surface area (Å²) >= 11 is 3.40. The molecule has 5 nitrogen and oxygen atoms in total. The van der Waals surface area contributed by atoms with E-state index in [1.54, 1.807) is 17.9 Å². The van der Waals surface area contributed by atoms with Gasteiger partial charge >= 0.3 is 5.91 Å². The lowest BCUT2D eigenvalue weighted by Gasteiger charge is -2.03. The highest BCUT2D eigenvalue weighted by Crippen LogP contribution is 2.24. The highest BCUT2D eigenvalue weighted by atomic mass is 79.9. The van der Waals surface area contributed by atoms with Crippen LogP contribution < -0.4 is 14.7 Å². The zero-order chi connectivity index (χ0) is 15.1. The molecule has 1 amide bonds. The molecule has 21 heavy (non-hydrogen) atoms. The van der Waals surface area contributed by atoms with Gasteiger partial charge in [-0.1, -0.05) is 6.07 Å². The van der Waals surface area contributed by atoms with Gasteiger partial charge in [-0.15, -0.1) is 0 Å². The minimum absolute atomic E-state index is 0.185. The van der Waals surface area contributed by atoms with Crippen LogP contribution in [0.15, 0.2) is 58.4 Å². The van der Waals surface area contributed by atoms with Gasteiger partial charge in [0.15, 0.2) is 12.4 Å². The molecule has 2 rings (SSSR count). The number of carbonyl (C=O) groups is 1. The number of methoxy groups -OCH3 is 1. The van der Waals surface area contributed by atoms with E-state index in [2.05, 4.69) is 26.5 Å². The summed E-state index contributed by atoms with van der Waals surface area (Å²) in [5.74, 6) is 0.562. The van der Waals surface area contributed by atoms with Gasteiger partial charge in [-0.05, 0) is 39.7 Å². The van der Waals surface area contributed by atoms with Crippen LogP contribution in [0.2, 0.25) is 0 Å². The van der Waals surface area contributed by atoms with Crippen LogP contribution in [-0.4, -0.2) is 19.2 Å². The number of ether oxygens (including phenoxy) is 1. The molecule has 0 saturated heterocycles. The van der Waals surface area contributed by atoms with Crippen molar-refractivity contribution >= 4 is 28.1 Å². The predicted molar refractivity (Wildman–Crippen MR) is 83.1 cm³/mol. The van der Waals surface area contributed by atoms with Gasteiger partial charge in [0.05, 0.1) is 17.8 Å². The number of aromatic nitrogens is 1. The highest BCUT2D eigenvalue weighted by Gasteiger charge is 2.06. The zero-order valence-corrected chi connectivity index (χ0v) is 13.1. The van der Waals surface area contributed by atoms with Gasteiger partial charge in [-0.25, -0.2) is 5.43 Å². The molecular formula is C15H15BrN3O2+. The lowest BCUT2D eigenvalue weighted by molar-refractivity contribution is -0.684. The molecule has 0 aliphatic rings. The van der Waals surface area contributed by atoms with E-state index in [9.17, 15) is 4.79 Å². The van der Waals surface area contributed by atoms with Crippen molar-refractivity contribution in [2.45, 2.75) is 6.54 Å². The summed E-state index contributed by atoms with van der Waals surface area (Å²) in [6.07, 6.45) is 5.23. The van der Waals surface area contributed by atoms with Crippen LogP contribution in [0.25, 0.3) is 0 Å². The quantitative estimate of drug-likeness (QED) is 0.509. The Kier molecular flexibility index (Phi) is 5.45. The fourth-order valence-electron chi connectivity index (χ4n) is 1.68. The molecule has 2 aromatic rings. The summed E-state index contributed by atoms with van der Waals surface area (Å²) in [6, 6.07) is 11.2. The molecule has 1 N–H and O–H groups in total. The second kappa shape index (κ2) is 7.54. The molecule has 0 saturated carbocycles. The first-order valence-electron chi connectivity index (χ1n) is 6.28. The Hall–Kier alpha value is -2.21. The Morgan fingerprint density at radius 1 is 1.38 bits per heavy atom. The number of nitrogens with one attached hydrogen (secondary N) is 1. The number of rotatable bonds is 5. The van der Waals surface area contributed by atoms with Crippen LogP contribution in [-0.2, 0) is 11.3 Å². The first-order valence-corrected chi connectivity index (χ1v) is 7.08. The van der Waals surface area contributed by atoms with Crippen molar-refractivity contribution in [2.24, 2.45) is 5.10 Å². The first-order chi connectivity index (χ1) is 10.2. The number of amides is 1. The van der Waals surface area contributed by atoms with E-state index in [1.165, 1.54) is 0 Å². The molecule has 1 aromatic heterocycles. The molecular weight excluding hydrogens is 334 g/mol. The van der Waals surface area contributed by atoms with Crippen LogP contribution >= 0.6 is 15.9 Å². The van der Waals surface area contributed by atoms with E-state index < -0.39 is 0 Å². The lowest BCUT2D eigenvalue weighted by Crippen LogP contribution is -2.40. The van der Waals surface area contributed by atoms with Crippen molar-refractivity contribution in [3.8, 4) is 5.75 Å². The summed E-state index contributed by atoms with van der Waals surface area (Å²) in [7, 11) is 1.61. The van der Waals surface area contributed by atoms with Gasteiger partial charge in [0.1, 0.15) is 5.75 Å². The zero-order valence-electron chi connectivity index (χ0n) is 11.5. The molecule has 1 heterocycles. The monoisotopic (exact) mass is 348 g/mol. The maximum atomic E-state index is 11.7. The van der Waals surface area contributed by atoms with Gasteiger partial charge < -0.3 is 4.74 Å². The smallest absolute Gasteiger partial charge is 0.305 e. The summed E-state index contributed by atoms with van der Waals surface area (Å²) in [4.78, 5) is 11.7. The Morgan fingerprint density at radius 2 is 2.14 bits per heavy atom. The Labute approximate surface area is 131 Å². The molecule has 0 fully saturated rings. The third kappa shape index (κ3) is 4.68. The van der Waals surface area contributed by atoms with Crippen molar-refractivity contribution in [1.82, 2.24) is 5.43 Å². The molecule has 0 aliphatic heterocycles. The first kappa shape index (κ1) is 15.2. The maximum Gasteiger partial charge on any atom is 0.305 e. The lowest BCUT2D eigenvalue weighted by atomic mass is 10.2. The van der Waals surface area contributed by atoms with Crippen LogP contribution in [0, 0.1) is 0 Å². The number of nitrogens with zero attached hydrogens (tertiary/aromatic N) is 2. The number of pyridine rings is 1. The van der Waals surface area contributed by atoms with Gasteiger partial charge in [0.2, 0.25) is 6.54 Å². The third-order valence-corrected chi connectivity index (χ3v) is 3.30. The second-order valence-electron chi connectivity index (χ2n) is 4.23. The third-order valence-electron chi connectivity index (χ3n) is 2.68. The van der Waals surface area contributed by atoms with Gasteiger partial charge in [-0.2, -0.15) is 9.67 Å². The van der Waals surface area contributed by atoms with Gasteiger partial charge in [-0.3, -0.25) is 4.79 Å². The molecule has 0 bridgehead atoms. The average Bonchev–Trinajstić information content (AvgIpc) is 2.48. The number of benzene rings is 1. The van der Waals surface area contributed by atoms with Crippen molar-refractivity contribution in [3.63, 3.8) is 0 Å². The molecule has 0 unspecified atom stereocenters. The summed E-state index contributed by atoms with van der Waals surface area (Å²) in [5, 5.41) is 3.93. The van der Waals surface area contributed by atoms with E-state index in [0.717, 1.165) is 15.8 Å². The molecule has 0 spiro atoms. The second-order valence-corrected chi connectivity index (χ2v) is 5.09. The Bertz CT molecular complexity index is 645. The molecule has 6 heteroatoms. The SMILES string of the molecule is COc1ccc(C=NNC(=O)C[n+]2ccccc2)cc1Br. The van der Waals surface area contributed by atoms with Gasteiger partial charge in [0.25, 0.3) is 0 Å². The largest absolute Gasteiger partial charge is 0.496 e. The number of carbonyl (C=O) groups excluding carboxylic acids is 1. The van der Waals surface area contributed by atoms with Crippen LogP contribution in [0.5, 0.6) is 5.75 Å². The summed E-state index contributed by atoms with van der Waals surface area (Å²) < 4.78 is 7.75. The van der Waals surface area contributed by atoms with E-state index >= 15 is 0 Å². The molecule has 0 radical (unpaired) electrons. The standard InChI is InChI=1S/C15H14BrN3O2/c1-21-14-6-5-12(9-13(14)16)10-17-18-15(20)11-19-7-3-2-4-8-19/h2-10H,11H2,1H3/p+1. The summed E-state index contributed by atoms with van der Waals surface area (Å²) in [6.45, 7) is 0.227. The molecule has 108 valence electrons. The van der Waals surface area contributed by atoms with Crippen molar-refractivity contribution < 1.29 is 14.1 Å². The Balaban J connectivity index is 1.90. The molecule has 0 aliphatic carbocycles. The Morgan fingerprint density at radius 3 is 2.81 bits per heavy atom. The minimum Gasteiger partial charge on any atom is -0.496 e. The number of hydrogen-bond donors (Lipinski definition) is 1. The fourth-order valence-corrected chi connectivity index (χ4v) is 2.24. The average molecular weight is 349 g/mol. The van der Waals surface area contributed by atoms with E-state index in [0.29, 0.717) is 0 Å². The number of hydrogen-bond acceptors (Lipinski definition) is 3. The molecule has 0 atom stereocenters. The summed E-state index contributed by atoms with van der Waals surface area (Å²) in [5.41, 5.74) is 3.35. The van der Waals surface area contributed by atoms with Gasteiger partial charge in [0, 0.05) is 12.1 Å². The van der Waals surface area contributed by atoms with Crippen molar-refractivity contribution in [2.75, 3.05) is 7.11 Å². The predicted octanol–water partition coefficient (Wildman–Crippen LogP) is 1.90.